The first kappa shape index (κ1) is 16.1. The van der Waals surface area contributed by atoms with E-state index in [2.05, 4.69) is 10.6 Å². The topological polar surface area (TPSA) is 83.5 Å². The van der Waals surface area contributed by atoms with Gasteiger partial charge in [0, 0.05) is 13.0 Å². The number of benzene rings is 1. The van der Waals surface area contributed by atoms with E-state index >= 15 is 0 Å². The molecule has 0 fully saturated rings. The molecule has 108 valence electrons. The fourth-order valence-electron chi connectivity index (χ4n) is 1.48. The van der Waals surface area contributed by atoms with Crippen LogP contribution >= 0.6 is 0 Å². The highest BCUT2D eigenvalue weighted by atomic mass is 32.2. The van der Waals surface area contributed by atoms with Crippen LogP contribution < -0.4 is 4.72 Å². The van der Waals surface area contributed by atoms with Gasteiger partial charge in [-0.1, -0.05) is 0 Å². The van der Waals surface area contributed by atoms with Crippen LogP contribution in [0.4, 0.5) is 4.39 Å². The van der Waals surface area contributed by atoms with Crippen molar-refractivity contribution < 1.29 is 22.7 Å². The summed E-state index contributed by atoms with van der Waals surface area (Å²) in [5.41, 5.74) is -0.680. The lowest BCUT2D eigenvalue weighted by Gasteiger charge is -2.07. The number of aromatic carboxylic acids is 1. The Labute approximate surface area is 116 Å². The van der Waals surface area contributed by atoms with E-state index in [-0.39, 0.29) is 11.4 Å². The predicted molar refractivity (Wildman–Crippen MR) is 71.2 cm³/mol. The Kier molecular flexibility index (Phi) is 5.67. The van der Waals surface area contributed by atoms with Crippen LogP contribution in [-0.4, -0.2) is 26.0 Å². The van der Waals surface area contributed by atoms with Crippen LogP contribution in [0.3, 0.4) is 0 Å². The summed E-state index contributed by atoms with van der Waals surface area (Å²) in [6, 6.07) is 2.63. The summed E-state index contributed by atoms with van der Waals surface area (Å²) in [6.07, 6.45) is 6.87. The summed E-state index contributed by atoms with van der Waals surface area (Å²) in [5, 5.41) is 8.75. The summed E-state index contributed by atoms with van der Waals surface area (Å²) in [4.78, 5) is 10.5. The Hall–Kier alpha value is -1.91. The van der Waals surface area contributed by atoms with E-state index in [4.69, 9.17) is 11.5 Å². The van der Waals surface area contributed by atoms with Gasteiger partial charge >= 0.3 is 5.97 Å². The molecule has 5 nitrogen and oxygen atoms in total. The van der Waals surface area contributed by atoms with Crippen molar-refractivity contribution >= 4 is 16.0 Å². The number of halogens is 1. The largest absolute Gasteiger partial charge is 0.478 e. The van der Waals surface area contributed by atoms with Gasteiger partial charge in [0.25, 0.3) is 0 Å². The van der Waals surface area contributed by atoms with Crippen molar-refractivity contribution in [2.45, 2.75) is 24.2 Å². The zero-order valence-corrected chi connectivity index (χ0v) is 11.4. The first-order chi connectivity index (χ1) is 9.38. The fraction of sp³-hybridized carbons (Fsp3) is 0.308. The number of carboxylic acids is 1. The highest BCUT2D eigenvalue weighted by Crippen LogP contribution is 2.15. The molecule has 0 saturated carbocycles. The molecule has 0 unspecified atom stereocenters. The van der Waals surface area contributed by atoms with Gasteiger partial charge in [0.05, 0.1) is 10.5 Å². The van der Waals surface area contributed by atoms with E-state index in [1.807, 2.05) is 0 Å². The van der Waals surface area contributed by atoms with Crippen molar-refractivity contribution in [2.75, 3.05) is 6.54 Å². The number of nitrogens with one attached hydrogen (secondary N) is 1. The number of carbonyl (C=O) groups is 1. The number of unbranched alkanes of at least 4 members (excludes halogenated alkanes) is 2. The number of carboxylic acid groups (broad SMARTS) is 1. The third kappa shape index (κ3) is 4.33. The molecule has 1 aromatic carbocycles. The molecule has 0 radical (unpaired) electrons. The quantitative estimate of drug-likeness (QED) is 0.592. The van der Waals surface area contributed by atoms with Crippen molar-refractivity contribution in [2.24, 2.45) is 0 Å². The number of hydrogen-bond acceptors (Lipinski definition) is 3. The highest BCUT2D eigenvalue weighted by Gasteiger charge is 2.18. The Morgan fingerprint density at radius 1 is 1.40 bits per heavy atom. The van der Waals surface area contributed by atoms with Gasteiger partial charge in [-0.3, -0.25) is 0 Å². The predicted octanol–water partition coefficient (Wildman–Crippen LogP) is 1.61. The lowest BCUT2D eigenvalue weighted by Crippen LogP contribution is -2.25. The molecule has 0 saturated heterocycles. The van der Waals surface area contributed by atoms with Crippen molar-refractivity contribution in [1.82, 2.24) is 4.72 Å². The molecule has 0 aliphatic carbocycles. The fourth-order valence-corrected chi connectivity index (χ4v) is 2.58. The minimum Gasteiger partial charge on any atom is -0.478 e. The van der Waals surface area contributed by atoms with Gasteiger partial charge < -0.3 is 5.11 Å². The molecular formula is C13H14FNO4S. The summed E-state index contributed by atoms with van der Waals surface area (Å²) >= 11 is 0. The molecular weight excluding hydrogens is 285 g/mol. The lowest BCUT2D eigenvalue weighted by atomic mass is 10.2. The molecule has 20 heavy (non-hydrogen) atoms. The number of terminal acetylenes is 1. The van der Waals surface area contributed by atoms with Crippen LogP contribution in [0.1, 0.15) is 29.6 Å². The minimum absolute atomic E-state index is 0.184. The summed E-state index contributed by atoms with van der Waals surface area (Å²) < 4.78 is 39.3. The average molecular weight is 299 g/mol. The second-order valence-electron chi connectivity index (χ2n) is 4.01. The molecule has 0 aliphatic heterocycles. The van der Waals surface area contributed by atoms with E-state index in [0.717, 1.165) is 18.2 Å². The van der Waals surface area contributed by atoms with Crippen LogP contribution in [0, 0.1) is 18.2 Å². The maximum atomic E-state index is 13.2. The van der Waals surface area contributed by atoms with E-state index in [9.17, 15) is 17.6 Å². The average Bonchev–Trinajstić information content (AvgIpc) is 2.38. The Bertz CT molecular complexity index is 634. The van der Waals surface area contributed by atoms with E-state index in [1.54, 1.807) is 0 Å². The second kappa shape index (κ2) is 7.03. The molecule has 1 aromatic rings. The third-order valence-electron chi connectivity index (χ3n) is 2.52. The summed E-state index contributed by atoms with van der Waals surface area (Å²) in [7, 11) is -3.85. The van der Waals surface area contributed by atoms with Crippen LogP contribution in [0.25, 0.3) is 0 Å². The zero-order valence-electron chi connectivity index (χ0n) is 10.6. The zero-order chi connectivity index (χ0) is 15.2. The molecule has 0 aliphatic rings. The molecule has 0 bridgehead atoms. The SMILES string of the molecule is C#CCCCCNS(=O)(=O)c1ccc(F)c(C(=O)O)c1. The van der Waals surface area contributed by atoms with Crippen molar-refractivity contribution in [3.63, 3.8) is 0 Å². The minimum atomic E-state index is -3.85. The van der Waals surface area contributed by atoms with Crippen LogP contribution in [0.5, 0.6) is 0 Å². The van der Waals surface area contributed by atoms with Crippen LogP contribution in [0.2, 0.25) is 0 Å². The van der Waals surface area contributed by atoms with Crippen molar-refractivity contribution in [3.05, 3.63) is 29.6 Å². The highest BCUT2D eigenvalue weighted by molar-refractivity contribution is 7.89. The number of hydrogen-bond donors (Lipinski definition) is 2. The molecule has 0 spiro atoms. The van der Waals surface area contributed by atoms with Crippen LogP contribution in [-0.2, 0) is 10.0 Å². The van der Waals surface area contributed by atoms with Crippen molar-refractivity contribution in [3.8, 4) is 12.3 Å². The Balaban J connectivity index is 2.80. The number of rotatable bonds is 7. The van der Waals surface area contributed by atoms with Gasteiger partial charge in [-0.2, -0.15) is 0 Å². The van der Waals surface area contributed by atoms with E-state index in [0.29, 0.717) is 19.3 Å². The molecule has 0 amide bonds. The Morgan fingerprint density at radius 2 is 2.10 bits per heavy atom. The monoisotopic (exact) mass is 299 g/mol. The summed E-state index contributed by atoms with van der Waals surface area (Å²) in [6.45, 7) is 0.184. The molecule has 0 atom stereocenters. The second-order valence-corrected chi connectivity index (χ2v) is 5.77. The Morgan fingerprint density at radius 3 is 2.70 bits per heavy atom. The van der Waals surface area contributed by atoms with E-state index < -0.39 is 27.4 Å². The number of sulfonamides is 1. The van der Waals surface area contributed by atoms with Gasteiger partial charge in [0.15, 0.2) is 0 Å². The van der Waals surface area contributed by atoms with Gasteiger partial charge in [-0.05, 0) is 31.0 Å². The maximum Gasteiger partial charge on any atom is 0.338 e. The third-order valence-corrected chi connectivity index (χ3v) is 3.98. The standard InChI is InChI=1S/C13H14FNO4S/c1-2-3-4-5-8-15-20(18,19)10-6-7-12(14)11(9-10)13(16)17/h1,6-7,9,15H,3-5,8H2,(H,16,17). The van der Waals surface area contributed by atoms with Crippen molar-refractivity contribution in [1.29, 1.82) is 0 Å². The first-order valence-electron chi connectivity index (χ1n) is 5.84. The smallest absolute Gasteiger partial charge is 0.338 e. The van der Waals surface area contributed by atoms with Gasteiger partial charge in [-0.25, -0.2) is 22.3 Å². The maximum absolute atomic E-state index is 13.2. The lowest BCUT2D eigenvalue weighted by molar-refractivity contribution is 0.0691. The van der Waals surface area contributed by atoms with Crippen LogP contribution in [0.15, 0.2) is 23.1 Å². The molecule has 0 aromatic heterocycles. The molecule has 2 N–H and O–H groups in total. The molecule has 0 heterocycles. The van der Waals surface area contributed by atoms with Gasteiger partial charge in [0.1, 0.15) is 5.82 Å². The van der Waals surface area contributed by atoms with E-state index in [1.165, 1.54) is 0 Å². The normalized spacial score (nSPS) is 11.0. The summed E-state index contributed by atoms with van der Waals surface area (Å²) in [5.74, 6) is -0.0619. The molecule has 7 heteroatoms. The van der Waals surface area contributed by atoms with Gasteiger partial charge in [-0.15, -0.1) is 12.3 Å². The van der Waals surface area contributed by atoms with Gasteiger partial charge in [0.2, 0.25) is 10.0 Å². The first-order valence-corrected chi connectivity index (χ1v) is 7.33. The molecule has 1 rings (SSSR count).